The van der Waals surface area contributed by atoms with E-state index in [-0.39, 0.29) is 10.6 Å². The molecule has 0 unspecified atom stereocenters. The second-order valence-electron chi connectivity index (χ2n) is 4.44. The van der Waals surface area contributed by atoms with Gasteiger partial charge >= 0.3 is 6.36 Å². The van der Waals surface area contributed by atoms with E-state index in [2.05, 4.69) is 19.7 Å². The van der Waals surface area contributed by atoms with E-state index in [4.69, 9.17) is 0 Å². The minimum absolute atomic E-state index is 0.252. The Balaban J connectivity index is 2.32. The molecule has 0 radical (unpaired) electrons. The van der Waals surface area contributed by atoms with Crippen LogP contribution >= 0.6 is 0 Å². The molecule has 22 heavy (non-hydrogen) atoms. The van der Waals surface area contributed by atoms with E-state index < -0.39 is 22.1 Å². The number of anilines is 1. The molecule has 6 nitrogen and oxygen atoms in total. The number of aryl methyl sites for hydroxylation is 2. The monoisotopic (exact) mass is 335 g/mol. The fraction of sp³-hybridized carbons (Fsp3) is 0.250. The number of aromatic amines is 1. The van der Waals surface area contributed by atoms with Gasteiger partial charge in [-0.3, -0.25) is 9.82 Å². The summed E-state index contributed by atoms with van der Waals surface area (Å²) in [6.45, 7) is 3.20. The van der Waals surface area contributed by atoms with Gasteiger partial charge < -0.3 is 4.74 Å². The van der Waals surface area contributed by atoms with E-state index >= 15 is 0 Å². The molecule has 0 aliphatic heterocycles. The number of hydrogen-bond donors (Lipinski definition) is 2. The summed E-state index contributed by atoms with van der Waals surface area (Å²) >= 11 is 0. The van der Waals surface area contributed by atoms with Crippen LogP contribution in [0.2, 0.25) is 0 Å². The van der Waals surface area contributed by atoms with Crippen molar-refractivity contribution in [2.24, 2.45) is 0 Å². The van der Waals surface area contributed by atoms with E-state index in [0.29, 0.717) is 11.4 Å². The SMILES string of the molecule is Cc1n[nH]c(C)c1NS(=O)(=O)c1cccc(OC(F)(F)F)c1. The summed E-state index contributed by atoms with van der Waals surface area (Å²) < 4.78 is 67.0. The minimum atomic E-state index is -4.90. The number of halogens is 3. The minimum Gasteiger partial charge on any atom is -0.406 e. The van der Waals surface area contributed by atoms with E-state index in [1.165, 1.54) is 0 Å². The van der Waals surface area contributed by atoms with Crippen molar-refractivity contribution in [3.8, 4) is 5.75 Å². The first-order valence-electron chi connectivity index (χ1n) is 5.99. The predicted molar refractivity (Wildman–Crippen MR) is 72.0 cm³/mol. The number of ether oxygens (including phenoxy) is 1. The maximum atomic E-state index is 12.2. The number of nitrogens with zero attached hydrogens (tertiary/aromatic N) is 1. The molecule has 0 amide bonds. The van der Waals surface area contributed by atoms with Crippen molar-refractivity contribution in [1.82, 2.24) is 10.2 Å². The number of aromatic nitrogens is 2. The predicted octanol–water partition coefficient (Wildman–Crippen LogP) is 2.73. The quantitative estimate of drug-likeness (QED) is 0.900. The first-order chi connectivity index (χ1) is 10.1. The van der Waals surface area contributed by atoms with Gasteiger partial charge in [-0.2, -0.15) is 5.10 Å². The zero-order chi connectivity index (χ0) is 16.5. The molecular formula is C12H12F3N3O3S. The van der Waals surface area contributed by atoms with Crippen molar-refractivity contribution in [2.45, 2.75) is 25.1 Å². The van der Waals surface area contributed by atoms with Crippen molar-refractivity contribution in [3.05, 3.63) is 35.7 Å². The molecule has 0 aliphatic rings. The van der Waals surface area contributed by atoms with Gasteiger partial charge in [-0.15, -0.1) is 13.2 Å². The summed E-state index contributed by atoms with van der Waals surface area (Å²) in [5.74, 6) is -0.615. The van der Waals surface area contributed by atoms with Gasteiger partial charge in [-0.25, -0.2) is 8.42 Å². The molecule has 0 atom stereocenters. The lowest BCUT2D eigenvalue weighted by atomic mass is 10.3. The highest BCUT2D eigenvalue weighted by Crippen LogP contribution is 2.26. The molecule has 0 spiro atoms. The molecule has 1 aromatic heterocycles. The van der Waals surface area contributed by atoms with Crippen LogP contribution < -0.4 is 9.46 Å². The topological polar surface area (TPSA) is 84.1 Å². The van der Waals surface area contributed by atoms with Crippen LogP contribution in [0, 0.1) is 13.8 Å². The number of alkyl halides is 3. The summed E-state index contributed by atoms with van der Waals surface area (Å²) in [6.07, 6.45) is -4.90. The highest BCUT2D eigenvalue weighted by atomic mass is 32.2. The van der Waals surface area contributed by atoms with Crippen LogP contribution in [-0.4, -0.2) is 25.0 Å². The van der Waals surface area contributed by atoms with Gasteiger partial charge in [0.2, 0.25) is 0 Å². The second kappa shape index (κ2) is 5.52. The fourth-order valence-corrected chi connectivity index (χ4v) is 2.95. The van der Waals surface area contributed by atoms with Crippen LogP contribution in [0.4, 0.5) is 18.9 Å². The van der Waals surface area contributed by atoms with Gasteiger partial charge in [-0.05, 0) is 26.0 Å². The third-order valence-electron chi connectivity index (χ3n) is 2.71. The first-order valence-corrected chi connectivity index (χ1v) is 7.47. The lowest BCUT2D eigenvalue weighted by Crippen LogP contribution is -2.18. The number of H-pyrrole nitrogens is 1. The normalized spacial score (nSPS) is 12.2. The van der Waals surface area contributed by atoms with Gasteiger partial charge in [0.05, 0.1) is 22.0 Å². The number of sulfonamides is 1. The van der Waals surface area contributed by atoms with Crippen molar-refractivity contribution < 1.29 is 26.3 Å². The van der Waals surface area contributed by atoms with Crippen LogP contribution in [0.5, 0.6) is 5.75 Å². The van der Waals surface area contributed by atoms with Gasteiger partial charge in [0, 0.05) is 6.07 Å². The largest absolute Gasteiger partial charge is 0.573 e. The van der Waals surface area contributed by atoms with E-state index in [1.54, 1.807) is 13.8 Å². The molecule has 0 aliphatic carbocycles. The van der Waals surface area contributed by atoms with Crippen molar-refractivity contribution >= 4 is 15.7 Å². The molecule has 1 heterocycles. The van der Waals surface area contributed by atoms with E-state index in [9.17, 15) is 21.6 Å². The summed E-state index contributed by atoms with van der Waals surface area (Å²) in [4.78, 5) is -0.353. The zero-order valence-electron chi connectivity index (χ0n) is 11.5. The van der Waals surface area contributed by atoms with Crippen molar-refractivity contribution in [1.29, 1.82) is 0 Å². The van der Waals surface area contributed by atoms with E-state index in [0.717, 1.165) is 24.3 Å². The molecule has 1 aromatic carbocycles. The Morgan fingerprint density at radius 3 is 2.50 bits per heavy atom. The molecule has 120 valence electrons. The molecule has 0 saturated carbocycles. The Labute approximate surface area is 124 Å². The summed E-state index contributed by atoms with van der Waals surface area (Å²) in [5, 5.41) is 6.44. The first kappa shape index (κ1) is 16.1. The van der Waals surface area contributed by atoms with Gasteiger partial charge in [0.15, 0.2) is 0 Å². The number of benzene rings is 1. The van der Waals surface area contributed by atoms with Crippen LogP contribution in [-0.2, 0) is 10.0 Å². The molecule has 2 aromatic rings. The highest BCUT2D eigenvalue weighted by Gasteiger charge is 2.31. The number of rotatable bonds is 4. The van der Waals surface area contributed by atoms with Crippen molar-refractivity contribution in [3.63, 3.8) is 0 Å². The Kier molecular flexibility index (Phi) is 4.05. The average Bonchev–Trinajstić information content (AvgIpc) is 2.68. The van der Waals surface area contributed by atoms with Gasteiger partial charge in [0.1, 0.15) is 5.75 Å². The number of hydrogen-bond acceptors (Lipinski definition) is 4. The van der Waals surface area contributed by atoms with Crippen LogP contribution in [0.3, 0.4) is 0 Å². The third kappa shape index (κ3) is 3.70. The smallest absolute Gasteiger partial charge is 0.406 e. The van der Waals surface area contributed by atoms with Crippen LogP contribution in [0.1, 0.15) is 11.4 Å². The van der Waals surface area contributed by atoms with Crippen molar-refractivity contribution in [2.75, 3.05) is 4.72 Å². The Hall–Kier alpha value is -2.23. The Morgan fingerprint density at radius 2 is 1.95 bits per heavy atom. The fourth-order valence-electron chi connectivity index (χ4n) is 1.73. The third-order valence-corrected chi connectivity index (χ3v) is 4.06. The lowest BCUT2D eigenvalue weighted by molar-refractivity contribution is -0.274. The number of nitrogens with one attached hydrogen (secondary N) is 2. The standard InChI is InChI=1S/C12H12F3N3O3S/c1-7-11(8(2)17-16-7)18-22(19,20)10-5-3-4-9(6-10)21-12(13,14)15/h3-6,18H,1-2H3,(H,16,17). The Morgan fingerprint density at radius 1 is 1.27 bits per heavy atom. The van der Waals surface area contributed by atoms with E-state index in [1.807, 2.05) is 0 Å². The summed E-state index contributed by atoms with van der Waals surface area (Å²) in [6, 6.07) is 4.13. The highest BCUT2D eigenvalue weighted by molar-refractivity contribution is 7.92. The average molecular weight is 335 g/mol. The molecule has 0 bridgehead atoms. The Bertz CT molecular complexity index is 765. The van der Waals surface area contributed by atoms with Crippen LogP contribution in [0.25, 0.3) is 0 Å². The molecular weight excluding hydrogens is 323 g/mol. The molecule has 2 rings (SSSR count). The lowest BCUT2D eigenvalue weighted by Gasteiger charge is -2.11. The maximum Gasteiger partial charge on any atom is 0.573 e. The van der Waals surface area contributed by atoms with Gasteiger partial charge in [-0.1, -0.05) is 6.07 Å². The second-order valence-corrected chi connectivity index (χ2v) is 6.12. The summed E-state index contributed by atoms with van der Waals surface area (Å²) in [5.41, 5.74) is 1.16. The van der Waals surface area contributed by atoms with Gasteiger partial charge in [0.25, 0.3) is 10.0 Å². The molecule has 2 N–H and O–H groups in total. The maximum absolute atomic E-state index is 12.2. The van der Waals surface area contributed by atoms with Crippen LogP contribution in [0.15, 0.2) is 29.2 Å². The molecule has 0 saturated heterocycles. The summed E-state index contributed by atoms with van der Waals surface area (Å²) in [7, 11) is -4.06. The molecule has 10 heteroatoms. The zero-order valence-corrected chi connectivity index (χ0v) is 12.3. The molecule has 0 fully saturated rings.